The summed E-state index contributed by atoms with van der Waals surface area (Å²) in [6.07, 6.45) is 0.937. The molecular formula is C17H20F2N4O8S. The molecule has 1 aromatic carbocycles. The maximum absolute atomic E-state index is 12.5. The topological polar surface area (TPSA) is 152 Å². The van der Waals surface area contributed by atoms with Crippen LogP contribution in [0.5, 0.6) is 11.5 Å². The predicted octanol–water partition coefficient (Wildman–Crippen LogP) is 1.66. The van der Waals surface area contributed by atoms with E-state index in [9.17, 15) is 32.1 Å². The van der Waals surface area contributed by atoms with E-state index < -0.39 is 45.6 Å². The molecule has 0 aliphatic carbocycles. The lowest BCUT2D eigenvalue weighted by Crippen LogP contribution is -2.27. The van der Waals surface area contributed by atoms with Gasteiger partial charge in [0.25, 0.3) is 15.7 Å². The number of nitrogens with zero attached hydrogens (tertiary/aromatic N) is 3. The summed E-state index contributed by atoms with van der Waals surface area (Å²) < 4.78 is 67.0. The number of imidazole rings is 1. The third-order valence-corrected chi connectivity index (χ3v) is 5.48. The fraction of sp³-hybridized carbons (Fsp3) is 0.412. The molecule has 2 aromatic rings. The monoisotopic (exact) mass is 478 g/mol. The summed E-state index contributed by atoms with van der Waals surface area (Å²) in [5.41, 5.74) is -0.758. The molecule has 1 N–H and O–H groups in total. The number of halogens is 2. The Kier molecular flexibility index (Phi) is 8.04. The Balaban J connectivity index is 2.00. The normalized spacial score (nSPS) is 11.4. The summed E-state index contributed by atoms with van der Waals surface area (Å²) in [4.78, 5) is 26.2. The van der Waals surface area contributed by atoms with Crippen LogP contribution in [0.1, 0.15) is 17.8 Å². The van der Waals surface area contributed by atoms with E-state index in [2.05, 4.69) is 14.4 Å². The van der Waals surface area contributed by atoms with Gasteiger partial charge in [-0.15, -0.1) is 0 Å². The van der Waals surface area contributed by atoms with Crippen molar-refractivity contribution in [3.63, 3.8) is 0 Å². The van der Waals surface area contributed by atoms with Crippen molar-refractivity contribution in [3.8, 4) is 11.5 Å². The molecule has 176 valence electrons. The quantitative estimate of drug-likeness (QED) is 0.289. The molecule has 0 amide bonds. The van der Waals surface area contributed by atoms with Gasteiger partial charge in [-0.3, -0.25) is 14.9 Å². The van der Waals surface area contributed by atoms with Crippen molar-refractivity contribution in [1.82, 2.24) is 14.3 Å². The summed E-state index contributed by atoms with van der Waals surface area (Å²) in [5.74, 6) is -1.15. The van der Waals surface area contributed by atoms with E-state index in [1.165, 1.54) is 10.8 Å². The summed E-state index contributed by atoms with van der Waals surface area (Å²) in [7, 11) is -1.17. The Morgan fingerprint density at radius 1 is 1.34 bits per heavy atom. The van der Waals surface area contributed by atoms with Gasteiger partial charge in [-0.05, 0) is 13.0 Å². The number of aryl methyl sites for hydroxylation is 2. The number of sulfonamides is 1. The smallest absolute Gasteiger partial charge is 0.387 e. The molecule has 32 heavy (non-hydrogen) atoms. The van der Waals surface area contributed by atoms with Crippen LogP contribution in [0.2, 0.25) is 0 Å². The van der Waals surface area contributed by atoms with Crippen molar-refractivity contribution in [1.29, 1.82) is 0 Å². The first kappa shape index (κ1) is 24.9. The summed E-state index contributed by atoms with van der Waals surface area (Å²) in [6, 6.07) is 1.77. The number of benzene rings is 1. The van der Waals surface area contributed by atoms with E-state index >= 15 is 0 Å². The SMILES string of the molecule is COc1cc(COC(=O)CCNS(=O)(=O)c2cn(C)c(C)n2)c([N+](=O)[O-])cc1OC(F)F. The first-order valence-electron chi connectivity index (χ1n) is 8.90. The number of nitro groups is 1. The third-order valence-electron chi connectivity index (χ3n) is 4.15. The second kappa shape index (κ2) is 10.3. The van der Waals surface area contributed by atoms with Crippen molar-refractivity contribution in [2.45, 2.75) is 31.6 Å². The van der Waals surface area contributed by atoms with Crippen molar-refractivity contribution in [3.05, 3.63) is 39.8 Å². The molecule has 1 aromatic heterocycles. The molecule has 12 nitrogen and oxygen atoms in total. The minimum atomic E-state index is -3.94. The highest BCUT2D eigenvalue weighted by Gasteiger charge is 2.23. The van der Waals surface area contributed by atoms with Crippen LogP contribution in [0.3, 0.4) is 0 Å². The van der Waals surface area contributed by atoms with Crippen LogP contribution in [0.15, 0.2) is 23.4 Å². The van der Waals surface area contributed by atoms with Gasteiger partial charge in [0.1, 0.15) is 12.4 Å². The van der Waals surface area contributed by atoms with Gasteiger partial charge in [-0.1, -0.05) is 0 Å². The number of aromatic nitrogens is 2. The van der Waals surface area contributed by atoms with Crippen LogP contribution in [0.25, 0.3) is 0 Å². The zero-order valence-electron chi connectivity index (χ0n) is 17.2. The van der Waals surface area contributed by atoms with Crippen molar-refractivity contribution in [2.24, 2.45) is 7.05 Å². The van der Waals surface area contributed by atoms with Crippen LogP contribution >= 0.6 is 0 Å². The molecule has 0 bridgehead atoms. The van der Waals surface area contributed by atoms with E-state index in [1.54, 1.807) is 14.0 Å². The maximum atomic E-state index is 12.5. The summed E-state index contributed by atoms with van der Waals surface area (Å²) in [6.45, 7) is -2.49. The number of rotatable bonds is 11. The molecule has 0 radical (unpaired) electrons. The number of carbonyl (C=O) groups is 1. The molecule has 0 atom stereocenters. The first-order valence-corrected chi connectivity index (χ1v) is 10.4. The predicted molar refractivity (Wildman–Crippen MR) is 104 cm³/mol. The number of nitro benzene ring substituents is 1. The number of nitrogens with one attached hydrogen (secondary N) is 1. The van der Waals surface area contributed by atoms with Gasteiger partial charge in [-0.25, -0.2) is 18.1 Å². The van der Waals surface area contributed by atoms with Gasteiger partial charge < -0.3 is 18.8 Å². The van der Waals surface area contributed by atoms with E-state index in [0.717, 1.165) is 19.2 Å². The molecule has 0 aliphatic rings. The summed E-state index contributed by atoms with van der Waals surface area (Å²) >= 11 is 0. The Morgan fingerprint density at radius 2 is 2.03 bits per heavy atom. The molecule has 1 heterocycles. The standard InChI is InChI=1S/C17H20F2N4O8S/c1-10-21-15(8-22(10)2)32(27,28)20-5-4-16(24)30-9-11-6-13(29-3)14(31-17(18)19)7-12(11)23(25)26/h6-8,17,20H,4-5,9H2,1-3H3. The van der Waals surface area contributed by atoms with Crippen LogP contribution in [0, 0.1) is 17.0 Å². The van der Waals surface area contributed by atoms with Crippen LogP contribution < -0.4 is 14.2 Å². The molecular weight excluding hydrogens is 458 g/mol. The Bertz CT molecular complexity index is 1080. The number of alkyl halides is 2. The highest BCUT2D eigenvalue weighted by molar-refractivity contribution is 7.89. The van der Waals surface area contributed by atoms with Gasteiger partial charge in [0, 0.05) is 19.8 Å². The molecule has 0 saturated heterocycles. The number of hydrogen-bond donors (Lipinski definition) is 1. The van der Waals surface area contributed by atoms with Gasteiger partial charge >= 0.3 is 12.6 Å². The van der Waals surface area contributed by atoms with Gasteiger partial charge in [0.2, 0.25) is 0 Å². The lowest BCUT2D eigenvalue weighted by molar-refractivity contribution is -0.386. The molecule has 0 aliphatic heterocycles. The van der Waals surface area contributed by atoms with Crippen LogP contribution in [-0.2, 0) is 33.2 Å². The van der Waals surface area contributed by atoms with E-state index in [-0.39, 0.29) is 29.3 Å². The number of ether oxygens (including phenoxy) is 3. The fourth-order valence-electron chi connectivity index (χ4n) is 2.47. The lowest BCUT2D eigenvalue weighted by Gasteiger charge is -2.12. The zero-order chi connectivity index (χ0) is 24.1. The van der Waals surface area contributed by atoms with E-state index in [0.29, 0.717) is 5.82 Å². The zero-order valence-corrected chi connectivity index (χ0v) is 18.0. The van der Waals surface area contributed by atoms with Crippen molar-refractivity contribution >= 4 is 21.7 Å². The van der Waals surface area contributed by atoms with Gasteiger partial charge in [-0.2, -0.15) is 8.78 Å². The Morgan fingerprint density at radius 3 is 2.56 bits per heavy atom. The van der Waals surface area contributed by atoms with Gasteiger partial charge in [0.05, 0.1) is 30.1 Å². The van der Waals surface area contributed by atoms with E-state index in [4.69, 9.17) is 9.47 Å². The molecule has 0 unspecified atom stereocenters. The number of hydrogen-bond acceptors (Lipinski definition) is 9. The van der Waals surface area contributed by atoms with Crippen LogP contribution in [0.4, 0.5) is 14.5 Å². The Hall–Kier alpha value is -3.33. The molecule has 0 spiro atoms. The van der Waals surface area contributed by atoms with Crippen LogP contribution in [-0.4, -0.2) is 49.1 Å². The molecule has 2 rings (SSSR count). The number of esters is 1. The average Bonchev–Trinajstić information content (AvgIpc) is 3.05. The fourth-order valence-corrected chi connectivity index (χ4v) is 3.54. The maximum Gasteiger partial charge on any atom is 0.387 e. The molecule has 15 heteroatoms. The minimum absolute atomic E-state index is 0.133. The van der Waals surface area contributed by atoms with Crippen molar-refractivity contribution < 1.29 is 41.1 Å². The first-order chi connectivity index (χ1) is 14.9. The number of carbonyl (C=O) groups excluding carboxylic acids is 1. The summed E-state index contributed by atoms with van der Waals surface area (Å²) in [5, 5.41) is 11.0. The lowest BCUT2D eigenvalue weighted by atomic mass is 10.1. The molecule has 0 fully saturated rings. The second-order valence-corrected chi connectivity index (χ2v) is 8.03. The largest absolute Gasteiger partial charge is 0.493 e. The average molecular weight is 478 g/mol. The second-order valence-electron chi connectivity index (χ2n) is 6.31. The van der Waals surface area contributed by atoms with Gasteiger partial charge in [0.15, 0.2) is 16.5 Å². The highest BCUT2D eigenvalue weighted by Crippen LogP contribution is 2.36. The third kappa shape index (κ3) is 6.34. The van der Waals surface area contributed by atoms with Crippen molar-refractivity contribution in [2.75, 3.05) is 13.7 Å². The number of methoxy groups -OCH3 is 1. The highest BCUT2D eigenvalue weighted by atomic mass is 32.2. The Labute approximate surface area is 181 Å². The van der Waals surface area contributed by atoms with E-state index in [1.807, 2.05) is 0 Å². The molecule has 0 saturated carbocycles. The minimum Gasteiger partial charge on any atom is -0.493 e.